The normalized spacial score (nSPS) is 12.0. The molecule has 35 heavy (non-hydrogen) atoms. The van der Waals surface area contributed by atoms with E-state index in [0.29, 0.717) is 22.2 Å². The monoisotopic (exact) mass is 462 g/mol. The van der Waals surface area contributed by atoms with Crippen LogP contribution in [0.1, 0.15) is 23.9 Å². The molecule has 0 radical (unpaired) electrons. The zero-order valence-electron chi connectivity index (χ0n) is 19.0. The molecule has 5 aromatic rings. The van der Waals surface area contributed by atoms with Crippen LogP contribution in [-0.2, 0) is 11.4 Å². The minimum atomic E-state index is -0.339. The molecule has 0 saturated heterocycles. The lowest BCUT2D eigenvalue weighted by Crippen LogP contribution is -2.22. The number of benzene rings is 4. The Kier molecular flexibility index (Phi) is 6.05. The molecule has 0 saturated carbocycles. The number of rotatable bonds is 6. The minimum absolute atomic E-state index is 0.0649. The Balaban J connectivity index is 1.55. The maximum Gasteiger partial charge on any atom is 0.282 e. The van der Waals surface area contributed by atoms with Crippen molar-refractivity contribution in [2.75, 3.05) is 0 Å². The first-order valence-corrected chi connectivity index (χ1v) is 11.1. The van der Waals surface area contributed by atoms with Gasteiger partial charge >= 0.3 is 0 Å². The maximum atomic E-state index is 13.3. The van der Waals surface area contributed by atoms with Gasteiger partial charge in [-0.3, -0.25) is 4.79 Å². The third kappa shape index (κ3) is 4.52. The van der Waals surface area contributed by atoms with E-state index in [0.717, 1.165) is 16.3 Å². The van der Waals surface area contributed by atoms with Crippen LogP contribution >= 0.6 is 0 Å². The fraction of sp³-hybridized carbons (Fsp3) is 0.0714. The number of hydrogen-bond donors (Lipinski definition) is 1. The van der Waals surface area contributed by atoms with Gasteiger partial charge in [-0.1, -0.05) is 78.0 Å². The number of hydrogen-bond acceptors (Lipinski definition) is 6. The zero-order chi connectivity index (χ0) is 24.2. The average molecular weight is 463 g/mol. The van der Waals surface area contributed by atoms with Crippen molar-refractivity contribution in [2.24, 2.45) is 10.3 Å². The number of fused-ring (bicyclic) bond motifs is 2. The van der Waals surface area contributed by atoms with E-state index >= 15 is 0 Å². The molecule has 0 unspecified atom stereocenters. The first-order chi connectivity index (χ1) is 17.1. The van der Waals surface area contributed by atoms with Gasteiger partial charge in [0.05, 0.1) is 22.8 Å². The third-order valence-corrected chi connectivity index (χ3v) is 5.66. The van der Waals surface area contributed by atoms with E-state index in [2.05, 4.69) is 15.2 Å². The molecule has 1 N–H and O–H groups in total. The molecule has 0 spiro atoms. The second-order valence-corrected chi connectivity index (χ2v) is 7.94. The number of oxime groups is 1. The quantitative estimate of drug-likeness (QED) is 0.282. The van der Waals surface area contributed by atoms with Gasteiger partial charge in [0.25, 0.3) is 5.56 Å². The number of nitrogens with zero attached hydrogens (tertiary/aromatic N) is 4. The molecule has 1 aromatic heterocycles. The van der Waals surface area contributed by atoms with E-state index < -0.39 is 0 Å². The fourth-order valence-corrected chi connectivity index (χ4v) is 3.84. The summed E-state index contributed by atoms with van der Waals surface area (Å²) in [6, 6.07) is 27.8. The third-order valence-electron chi connectivity index (χ3n) is 5.66. The molecular formula is C28H22N4O3. The second-order valence-electron chi connectivity index (χ2n) is 7.94. The van der Waals surface area contributed by atoms with Crippen molar-refractivity contribution in [3.63, 3.8) is 0 Å². The molecule has 172 valence electrons. The lowest BCUT2D eigenvalue weighted by Gasteiger charge is -2.09. The standard InChI is InChI=1S/C28H22N4O3/c1-19(20-9-3-2-4-10-20)31-35-18-27-30-25-14-8-7-13-23(25)28(34)32(27)29-17-24-22-12-6-5-11-21(22)15-16-26(24)33/h2-17,33H,18H2,1H3/b29-17+,31-19+. The summed E-state index contributed by atoms with van der Waals surface area (Å²) in [6.45, 7) is 1.78. The lowest BCUT2D eigenvalue weighted by molar-refractivity contribution is 0.122. The van der Waals surface area contributed by atoms with Crippen LogP contribution in [0.4, 0.5) is 0 Å². The topological polar surface area (TPSA) is 89.1 Å². The van der Waals surface area contributed by atoms with Gasteiger partial charge in [0.2, 0.25) is 0 Å². The van der Waals surface area contributed by atoms with E-state index in [1.807, 2.05) is 73.7 Å². The van der Waals surface area contributed by atoms with Crippen LogP contribution in [0, 0.1) is 0 Å². The van der Waals surface area contributed by atoms with Gasteiger partial charge in [0.15, 0.2) is 12.4 Å². The first kappa shape index (κ1) is 22.0. The SMILES string of the molecule is C/C(=N\OCc1nc2ccccc2c(=O)n1/N=C/c1c(O)ccc2ccccc12)c1ccccc1. The summed E-state index contributed by atoms with van der Waals surface area (Å²) >= 11 is 0. The molecule has 4 aromatic carbocycles. The van der Waals surface area contributed by atoms with Crippen LogP contribution in [0.3, 0.4) is 0 Å². The van der Waals surface area contributed by atoms with Crippen LogP contribution in [-0.4, -0.2) is 26.7 Å². The summed E-state index contributed by atoms with van der Waals surface area (Å²) in [4.78, 5) is 23.5. The molecule has 0 atom stereocenters. The van der Waals surface area contributed by atoms with Gasteiger partial charge in [-0.25, -0.2) is 4.98 Å². The van der Waals surface area contributed by atoms with Crippen LogP contribution in [0.2, 0.25) is 0 Å². The Morgan fingerprint density at radius 2 is 1.66 bits per heavy atom. The molecule has 0 aliphatic carbocycles. The Morgan fingerprint density at radius 1 is 0.943 bits per heavy atom. The van der Waals surface area contributed by atoms with Gasteiger partial charge in [-0.15, -0.1) is 0 Å². The zero-order valence-corrected chi connectivity index (χ0v) is 19.0. The highest BCUT2D eigenvalue weighted by Gasteiger charge is 2.12. The number of para-hydroxylation sites is 1. The maximum absolute atomic E-state index is 13.3. The Morgan fingerprint density at radius 3 is 2.49 bits per heavy atom. The van der Waals surface area contributed by atoms with E-state index in [1.165, 1.54) is 10.9 Å². The number of phenols is 1. The van der Waals surface area contributed by atoms with E-state index in [4.69, 9.17) is 4.84 Å². The van der Waals surface area contributed by atoms with Crippen LogP contribution in [0.25, 0.3) is 21.7 Å². The summed E-state index contributed by atoms with van der Waals surface area (Å²) in [5.74, 6) is 0.351. The summed E-state index contributed by atoms with van der Waals surface area (Å²) in [6.07, 6.45) is 1.47. The van der Waals surface area contributed by atoms with Crippen molar-refractivity contribution in [1.82, 2.24) is 9.66 Å². The minimum Gasteiger partial charge on any atom is -0.507 e. The van der Waals surface area contributed by atoms with Crippen molar-refractivity contribution in [1.29, 1.82) is 0 Å². The molecule has 5 rings (SSSR count). The summed E-state index contributed by atoms with van der Waals surface area (Å²) < 4.78 is 1.19. The Bertz CT molecular complexity index is 1640. The second kappa shape index (κ2) is 9.61. The predicted molar refractivity (Wildman–Crippen MR) is 138 cm³/mol. The number of aromatic hydroxyl groups is 1. The Hall–Kier alpha value is -4.78. The highest BCUT2D eigenvalue weighted by Crippen LogP contribution is 2.25. The molecule has 0 amide bonds. The van der Waals surface area contributed by atoms with Crippen LogP contribution in [0.15, 0.2) is 106 Å². The van der Waals surface area contributed by atoms with E-state index in [-0.39, 0.29) is 23.7 Å². The van der Waals surface area contributed by atoms with Crippen molar-refractivity contribution >= 4 is 33.6 Å². The molecular weight excluding hydrogens is 440 g/mol. The highest BCUT2D eigenvalue weighted by molar-refractivity contribution is 6.02. The van der Waals surface area contributed by atoms with Gasteiger partial charge < -0.3 is 9.94 Å². The van der Waals surface area contributed by atoms with Gasteiger partial charge in [-0.2, -0.15) is 9.78 Å². The van der Waals surface area contributed by atoms with Crippen molar-refractivity contribution in [3.05, 3.63) is 118 Å². The summed E-state index contributed by atoms with van der Waals surface area (Å²) in [5, 5.41) is 21.3. The number of aromatic nitrogens is 2. The largest absolute Gasteiger partial charge is 0.507 e. The Labute approximate surface area is 201 Å². The first-order valence-electron chi connectivity index (χ1n) is 11.1. The number of phenolic OH excluding ortho intramolecular Hbond substituents is 1. The predicted octanol–water partition coefficient (Wildman–Crippen LogP) is 5.08. The molecule has 0 fully saturated rings. The summed E-state index contributed by atoms with van der Waals surface area (Å²) in [7, 11) is 0. The molecule has 0 bridgehead atoms. The molecule has 7 nitrogen and oxygen atoms in total. The van der Waals surface area contributed by atoms with Crippen molar-refractivity contribution < 1.29 is 9.94 Å². The van der Waals surface area contributed by atoms with Gasteiger partial charge in [0, 0.05) is 5.56 Å². The highest BCUT2D eigenvalue weighted by atomic mass is 16.6. The molecule has 1 heterocycles. The summed E-state index contributed by atoms with van der Waals surface area (Å²) in [5.41, 5.74) is 2.34. The van der Waals surface area contributed by atoms with Crippen molar-refractivity contribution in [3.8, 4) is 5.75 Å². The molecule has 0 aliphatic heterocycles. The van der Waals surface area contributed by atoms with E-state index in [1.54, 1.807) is 24.3 Å². The van der Waals surface area contributed by atoms with Crippen molar-refractivity contribution in [2.45, 2.75) is 13.5 Å². The lowest BCUT2D eigenvalue weighted by atomic mass is 10.0. The van der Waals surface area contributed by atoms with Gasteiger partial charge in [0.1, 0.15) is 5.75 Å². The fourth-order valence-electron chi connectivity index (χ4n) is 3.84. The smallest absolute Gasteiger partial charge is 0.282 e. The molecule has 7 heteroatoms. The average Bonchev–Trinajstić information content (AvgIpc) is 2.90. The van der Waals surface area contributed by atoms with Gasteiger partial charge in [-0.05, 0) is 41.5 Å². The van der Waals surface area contributed by atoms with E-state index in [9.17, 15) is 9.90 Å². The van der Waals surface area contributed by atoms with Crippen LogP contribution in [0.5, 0.6) is 5.75 Å². The molecule has 0 aliphatic rings. The van der Waals surface area contributed by atoms with Crippen LogP contribution < -0.4 is 5.56 Å².